The van der Waals surface area contributed by atoms with Crippen LogP contribution in [0.4, 0.5) is 0 Å². The van der Waals surface area contributed by atoms with Gasteiger partial charge in [-0.05, 0) is 96.9 Å². The number of rotatable bonds is 10. The molecule has 0 spiro atoms. The largest absolute Gasteiger partial charge is 0.493 e. The van der Waals surface area contributed by atoms with Gasteiger partial charge in [0.2, 0.25) is 0 Å². The second kappa shape index (κ2) is 16.2. The Morgan fingerprint density at radius 1 is 0.660 bits per heavy atom. The molecule has 2 fully saturated rings. The van der Waals surface area contributed by atoms with Crippen LogP contribution in [0.15, 0.2) is 24.3 Å². The summed E-state index contributed by atoms with van der Waals surface area (Å²) in [5, 5.41) is 39.5. The summed E-state index contributed by atoms with van der Waals surface area (Å²) in [5.41, 5.74) is 4.85. The first-order chi connectivity index (χ1) is 23.9. The number of hydrogen-bond donors (Lipinski definition) is 4. The molecule has 12 heteroatoms. The standard InChI is InChI=1S/2C19H27NO5/c2*1-11(19(22)23)6-13-10-20-5-4-12-7-17(24-2)18(25-3)8-14(12)15(20)9-16(13)21/h2*7-8,11,13,15-16,21H,4-6,9-10H2,1-3H3,(H,22,23)/t11?,13-,15-,16+;11-,13-,15-,16+/m00/s1. The number of hydrogen-bond acceptors (Lipinski definition) is 10. The van der Waals surface area contributed by atoms with E-state index in [4.69, 9.17) is 29.2 Å². The van der Waals surface area contributed by atoms with Gasteiger partial charge in [0.15, 0.2) is 23.0 Å². The molecule has 0 aromatic heterocycles. The summed E-state index contributed by atoms with van der Waals surface area (Å²) < 4.78 is 21.7. The Morgan fingerprint density at radius 2 is 1.00 bits per heavy atom. The summed E-state index contributed by atoms with van der Waals surface area (Å²) in [4.78, 5) is 27.0. The molecular formula is C38H54N2O10. The smallest absolute Gasteiger partial charge is 0.306 e. The Labute approximate surface area is 294 Å². The molecule has 0 bridgehead atoms. The average molecular weight is 699 g/mol. The highest BCUT2D eigenvalue weighted by atomic mass is 16.5. The number of benzene rings is 2. The summed E-state index contributed by atoms with van der Waals surface area (Å²) in [7, 11) is 6.53. The number of carboxylic acids is 2. The number of aliphatic hydroxyl groups is 2. The highest BCUT2D eigenvalue weighted by Crippen LogP contribution is 2.45. The van der Waals surface area contributed by atoms with Crippen LogP contribution in [-0.4, -0.2) is 109 Å². The third-order valence-electron chi connectivity index (χ3n) is 11.3. The molecule has 50 heavy (non-hydrogen) atoms. The van der Waals surface area contributed by atoms with E-state index in [-0.39, 0.29) is 23.9 Å². The van der Waals surface area contributed by atoms with Gasteiger partial charge >= 0.3 is 11.9 Å². The second-order valence-corrected chi connectivity index (χ2v) is 14.4. The van der Waals surface area contributed by atoms with E-state index in [9.17, 15) is 19.8 Å². The zero-order chi connectivity index (χ0) is 36.3. The average Bonchev–Trinajstić information content (AvgIpc) is 3.11. The predicted octanol–water partition coefficient (Wildman–Crippen LogP) is 4.19. The van der Waals surface area contributed by atoms with Crippen LogP contribution in [-0.2, 0) is 22.4 Å². The van der Waals surface area contributed by atoms with Gasteiger partial charge in [0.05, 0.1) is 52.5 Å². The number of aliphatic hydroxyl groups excluding tert-OH is 2. The molecule has 2 saturated heterocycles. The second-order valence-electron chi connectivity index (χ2n) is 14.4. The van der Waals surface area contributed by atoms with Crippen LogP contribution in [0.2, 0.25) is 0 Å². The van der Waals surface area contributed by atoms with Gasteiger partial charge in [-0.15, -0.1) is 0 Å². The Morgan fingerprint density at radius 3 is 1.32 bits per heavy atom. The Kier molecular flexibility index (Phi) is 12.2. The topological polar surface area (TPSA) is 158 Å². The van der Waals surface area contributed by atoms with E-state index in [1.807, 2.05) is 24.3 Å². The fourth-order valence-electron chi connectivity index (χ4n) is 8.41. The minimum atomic E-state index is -0.796. The molecule has 8 atom stereocenters. The van der Waals surface area contributed by atoms with Crippen LogP contribution >= 0.6 is 0 Å². The number of piperidine rings is 2. The molecule has 4 aliphatic rings. The van der Waals surface area contributed by atoms with Crippen molar-refractivity contribution in [1.82, 2.24) is 9.80 Å². The lowest BCUT2D eigenvalue weighted by Gasteiger charge is -2.46. The quantitative estimate of drug-likeness (QED) is 0.281. The number of ether oxygens (including phenoxy) is 4. The van der Waals surface area contributed by atoms with Crippen LogP contribution in [0.3, 0.4) is 0 Å². The van der Waals surface area contributed by atoms with Crippen molar-refractivity contribution in [2.24, 2.45) is 23.7 Å². The molecule has 0 amide bonds. The van der Waals surface area contributed by atoms with E-state index in [0.717, 1.165) is 50.5 Å². The van der Waals surface area contributed by atoms with Gasteiger partial charge in [-0.1, -0.05) is 13.8 Å². The van der Waals surface area contributed by atoms with E-state index in [1.54, 1.807) is 42.3 Å². The first-order valence-corrected chi connectivity index (χ1v) is 17.7. The van der Waals surface area contributed by atoms with Crippen molar-refractivity contribution in [3.63, 3.8) is 0 Å². The monoisotopic (exact) mass is 698 g/mol. The van der Waals surface area contributed by atoms with Gasteiger partial charge in [-0.25, -0.2) is 0 Å². The predicted molar refractivity (Wildman–Crippen MR) is 186 cm³/mol. The molecule has 2 aromatic carbocycles. The summed E-state index contributed by atoms with van der Waals surface area (Å²) in [5.74, 6) is 0.436. The van der Waals surface area contributed by atoms with Gasteiger partial charge in [-0.3, -0.25) is 19.4 Å². The number of carboxylic acid groups (broad SMARTS) is 2. The molecule has 0 aliphatic carbocycles. The highest BCUT2D eigenvalue weighted by molar-refractivity contribution is 5.69. The minimum Gasteiger partial charge on any atom is -0.493 e. The van der Waals surface area contributed by atoms with E-state index < -0.39 is 36.0 Å². The molecule has 4 aliphatic heterocycles. The zero-order valence-electron chi connectivity index (χ0n) is 30.1. The molecule has 12 nitrogen and oxygen atoms in total. The third kappa shape index (κ3) is 7.98. The number of nitrogens with zero attached hydrogens (tertiary/aromatic N) is 2. The van der Waals surface area contributed by atoms with E-state index >= 15 is 0 Å². The fraction of sp³-hybridized carbons (Fsp3) is 0.632. The van der Waals surface area contributed by atoms with Crippen molar-refractivity contribution in [2.75, 3.05) is 54.6 Å². The third-order valence-corrected chi connectivity index (χ3v) is 11.3. The van der Waals surface area contributed by atoms with Gasteiger partial charge in [-0.2, -0.15) is 0 Å². The summed E-state index contributed by atoms with van der Waals surface area (Å²) >= 11 is 0. The molecule has 2 aromatic rings. The number of aliphatic carboxylic acids is 2. The first-order valence-electron chi connectivity index (χ1n) is 17.7. The Bertz CT molecular complexity index is 1410. The van der Waals surface area contributed by atoms with Crippen molar-refractivity contribution in [2.45, 2.75) is 76.7 Å². The lowest BCUT2D eigenvalue weighted by molar-refractivity contribution is -0.143. The maximum Gasteiger partial charge on any atom is 0.306 e. The lowest BCUT2D eigenvalue weighted by atomic mass is 9.79. The van der Waals surface area contributed by atoms with Gasteiger partial charge in [0.1, 0.15) is 0 Å². The van der Waals surface area contributed by atoms with Crippen LogP contribution in [0, 0.1) is 23.7 Å². The van der Waals surface area contributed by atoms with Crippen molar-refractivity contribution >= 4 is 11.9 Å². The molecule has 6 rings (SSSR count). The maximum absolute atomic E-state index is 11.1. The molecule has 4 N–H and O–H groups in total. The molecule has 4 heterocycles. The van der Waals surface area contributed by atoms with Gasteiger partial charge in [0.25, 0.3) is 0 Å². The van der Waals surface area contributed by atoms with E-state index in [0.29, 0.717) is 37.2 Å². The van der Waals surface area contributed by atoms with E-state index in [2.05, 4.69) is 9.80 Å². The minimum absolute atomic E-state index is 0.00374. The molecular weight excluding hydrogens is 644 g/mol. The first kappa shape index (κ1) is 37.7. The molecule has 0 saturated carbocycles. The van der Waals surface area contributed by atoms with E-state index in [1.165, 1.54) is 22.3 Å². The van der Waals surface area contributed by atoms with Crippen LogP contribution in [0.25, 0.3) is 0 Å². The van der Waals surface area contributed by atoms with Gasteiger partial charge in [0, 0.05) is 38.3 Å². The van der Waals surface area contributed by atoms with Crippen molar-refractivity contribution in [3.05, 3.63) is 46.5 Å². The van der Waals surface area contributed by atoms with Crippen LogP contribution < -0.4 is 18.9 Å². The summed E-state index contributed by atoms with van der Waals surface area (Å²) in [6, 6.07) is 8.42. The molecule has 0 radical (unpaired) electrons. The SMILES string of the molecule is COc1cc2c(cc1OC)[C@@H]1C[C@@H](O)[C@@H](CC(C)C(=O)O)CN1CC2.COc1cc2c(cc1OC)[C@@H]1C[C@@H](O)[C@@H](C[C@H](C)C(=O)O)CN1CC2. The lowest BCUT2D eigenvalue weighted by Crippen LogP contribution is -2.48. The Balaban J connectivity index is 0.000000194. The summed E-state index contributed by atoms with van der Waals surface area (Å²) in [6.07, 6.45) is 3.15. The normalized spacial score (nSPS) is 27.1. The van der Waals surface area contributed by atoms with Crippen molar-refractivity contribution < 1.29 is 49.0 Å². The van der Waals surface area contributed by atoms with Crippen LogP contribution in [0.1, 0.15) is 73.9 Å². The Hall–Kier alpha value is -3.58. The van der Waals surface area contributed by atoms with Gasteiger partial charge < -0.3 is 39.4 Å². The van der Waals surface area contributed by atoms with Crippen LogP contribution in [0.5, 0.6) is 23.0 Å². The maximum atomic E-state index is 11.1. The zero-order valence-corrected chi connectivity index (χ0v) is 30.1. The highest BCUT2D eigenvalue weighted by Gasteiger charge is 2.41. The van der Waals surface area contributed by atoms with Crippen molar-refractivity contribution in [3.8, 4) is 23.0 Å². The fourth-order valence-corrected chi connectivity index (χ4v) is 8.41. The number of carbonyl (C=O) groups is 2. The number of fused-ring (bicyclic) bond motifs is 6. The van der Waals surface area contributed by atoms with Crippen molar-refractivity contribution in [1.29, 1.82) is 0 Å². The number of methoxy groups -OCH3 is 4. The molecule has 1 unspecified atom stereocenters. The molecule has 276 valence electrons. The summed E-state index contributed by atoms with van der Waals surface area (Å²) in [6.45, 7) is 6.72.